The minimum Gasteiger partial charge on any atom is -0.312 e. The first-order valence-electron chi connectivity index (χ1n) is 5.98. The molecule has 1 atom stereocenters. The van der Waals surface area contributed by atoms with Gasteiger partial charge in [-0.2, -0.15) is 0 Å². The van der Waals surface area contributed by atoms with E-state index in [2.05, 4.69) is 20.6 Å². The van der Waals surface area contributed by atoms with Crippen LogP contribution in [0.5, 0.6) is 0 Å². The predicted molar refractivity (Wildman–Crippen MR) is 76.5 cm³/mol. The maximum Gasteiger partial charge on any atom is 0.276 e. The van der Waals surface area contributed by atoms with Crippen LogP contribution in [0.2, 0.25) is 0 Å². The summed E-state index contributed by atoms with van der Waals surface area (Å²) in [4.78, 5) is 20.5. The summed E-state index contributed by atoms with van der Waals surface area (Å²) in [6, 6.07) is 5.52. The van der Waals surface area contributed by atoms with Crippen molar-refractivity contribution < 1.29 is 4.79 Å². The Labute approximate surface area is 116 Å². The summed E-state index contributed by atoms with van der Waals surface area (Å²) in [5.41, 5.74) is 2.13. The molecule has 19 heavy (non-hydrogen) atoms. The van der Waals surface area contributed by atoms with Gasteiger partial charge in [0.25, 0.3) is 5.91 Å². The number of thiazole rings is 1. The van der Waals surface area contributed by atoms with E-state index in [1.807, 2.05) is 38.4 Å². The highest BCUT2D eigenvalue weighted by Crippen LogP contribution is 2.20. The molecule has 1 amide bonds. The van der Waals surface area contributed by atoms with Gasteiger partial charge >= 0.3 is 0 Å². The first kappa shape index (κ1) is 13.6. The second-order valence-electron chi connectivity index (χ2n) is 4.21. The number of anilines is 1. The number of nitrogens with zero attached hydrogens (tertiary/aromatic N) is 2. The third kappa shape index (κ3) is 3.36. The van der Waals surface area contributed by atoms with Crippen molar-refractivity contribution in [2.24, 2.45) is 0 Å². The van der Waals surface area contributed by atoms with E-state index in [-0.39, 0.29) is 11.9 Å². The molecule has 0 spiro atoms. The second kappa shape index (κ2) is 5.90. The quantitative estimate of drug-likeness (QED) is 0.899. The van der Waals surface area contributed by atoms with Crippen LogP contribution in [-0.2, 0) is 0 Å². The van der Waals surface area contributed by atoms with Crippen molar-refractivity contribution in [1.82, 2.24) is 15.3 Å². The molecular formula is C13H16N4OS. The van der Waals surface area contributed by atoms with Gasteiger partial charge in [-0.05, 0) is 33.0 Å². The molecule has 0 radical (unpaired) electrons. The molecule has 2 rings (SSSR count). The first-order chi connectivity index (χ1) is 9.10. The highest BCUT2D eigenvalue weighted by atomic mass is 32.1. The number of amides is 1. The fourth-order valence-corrected chi connectivity index (χ4v) is 2.32. The maximum atomic E-state index is 12.0. The van der Waals surface area contributed by atoms with Crippen molar-refractivity contribution in [3.8, 4) is 0 Å². The van der Waals surface area contributed by atoms with Gasteiger partial charge in [0.1, 0.15) is 5.69 Å². The van der Waals surface area contributed by atoms with Gasteiger partial charge in [-0.25, -0.2) is 9.97 Å². The molecule has 0 saturated carbocycles. The lowest BCUT2D eigenvalue weighted by Gasteiger charge is -2.05. The number of rotatable bonds is 4. The molecule has 5 nitrogen and oxygen atoms in total. The number of nitrogens with one attached hydrogen (secondary N) is 2. The standard InChI is InChI=1S/C13H16N4OS/c1-8-5-4-6-10(15-8)12(18)17-13-16-11(7-19-13)9(2)14-3/h4-7,9,14H,1-3H3,(H,16,17,18). The monoisotopic (exact) mass is 276 g/mol. The fourth-order valence-electron chi connectivity index (χ4n) is 1.52. The largest absolute Gasteiger partial charge is 0.312 e. The third-order valence-electron chi connectivity index (χ3n) is 2.74. The predicted octanol–water partition coefficient (Wildman–Crippen LogP) is 2.38. The topological polar surface area (TPSA) is 66.9 Å². The molecule has 0 aliphatic heterocycles. The molecule has 2 aromatic heterocycles. The van der Waals surface area contributed by atoms with Gasteiger partial charge in [0.15, 0.2) is 5.13 Å². The second-order valence-corrected chi connectivity index (χ2v) is 5.06. The summed E-state index contributed by atoms with van der Waals surface area (Å²) in [5, 5.41) is 8.39. The Morgan fingerprint density at radius 3 is 2.84 bits per heavy atom. The van der Waals surface area contributed by atoms with Gasteiger partial charge in [0.2, 0.25) is 0 Å². The molecule has 6 heteroatoms. The molecule has 0 aliphatic rings. The van der Waals surface area contributed by atoms with Crippen LogP contribution in [-0.4, -0.2) is 22.9 Å². The number of hydrogen-bond donors (Lipinski definition) is 2. The zero-order valence-corrected chi connectivity index (χ0v) is 11.9. The minimum absolute atomic E-state index is 0.166. The summed E-state index contributed by atoms with van der Waals surface area (Å²) in [5.74, 6) is -0.235. The van der Waals surface area contributed by atoms with Crippen LogP contribution in [0.4, 0.5) is 5.13 Å². The highest BCUT2D eigenvalue weighted by Gasteiger charge is 2.12. The van der Waals surface area contributed by atoms with Crippen LogP contribution >= 0.6 is 11.3 Å². The van der Waals surface area contributed by atoms with E-state index in [0.29, 0.717) is 10.8 Å². The summed E-state index contributed by atoms with van der Waals surface area (Å²) < 4.78 is 0. The highest BCUT2D eigenvalue weighted by molar-refractivity contribution is 7.14. The van der Waals surface area contributed by atoms with E-state index in [9.17, 15) is 4.79 Å². The normalized spacial score (nSPS) is 12.2. The number of hydrogen-bond acceptors (Lipinski definition) is 5. The maximum absolute atomic E-state index is 12.0. The van der Waals surface area contributed by atoms with Crippen molar-refractivity contribution in [3.63, 3.8) is 0 Å². The van der Waals surface area contributed by atoms with Crippen LogP contribution in [0.1, 0.15) is 34.8 Å². The number of carbonyl (C=O) groups is 1. The van der Waals surface area contributed by atoms with Crippen LogP contribution in [0.25, 0.3) is 0 Å². The van der Waals surface area contributed by atoms with Crippen molar-refractivity contribution in [1.29, 1.82) is 0 Å². The van der Waals surface area contributed by atoms with Gasteiger partial charge in [0, 0.05) is 17.1 Å². The minimum atomic E-state index is -0.235. The number of carbonyl (C=O) groups excluding carboxylic acids is 1. The molecule has 2 aromatic rings. The summed E-state index contributed by atoms with van der Waals surface area (Å²) in [6.07, 6.45) is 0. The summed E-state index contributed by atoms with van der Waals surface area (Å²) in [7, 11) is 1.87. The Balaban J connectivity index is 2.09. The Kier molecular flexibility index (Phi) is 4.24. The van der Waals surface area contributed by atoms with Gasteiger partial charge in [-0.3, -0.25) is 10.1 Å². The van der Waals surface area contributed by atoms with Gasteiger partial charge < -0.3 is 5.32 Å². The average Bonchev–Trinajstić information content (AvgIpc) is 2.86. The van der Waals surface area contributed by atoms with E-state index < -0.39 is 0 Å². The fraction of sp³-hybridized carbons (Fsp3) is 0.308. The molecule has 2 N–H and O–H groups in total. The van der Waals surface area contributed by atoms with Crippen LogP contribution in [0.15, 0.2) is 23.6 Å². The lowest BCUT2D eigenvalue weighted by Crippen LogP contribution is -2.15. The molecular weight excluding hydrogens is 260 g/mol. The Morgan fingerprint density at radius 2 is 2.16 bits per heavy atom. The van der Waals surface area contributed by atoms with Crippen LogP contribution in [0, 0.1) is 6.92 Å². The lowest BCUT2D eigenvalue weighted by molar-refractivity contribution is 0.102. The van der Waals surface area contributed by atoms with Crippen LogP contribution in [0.3, 0.4) is 0 Å². The number of aryl methyl sites for hydroxylation is 1. The zero-order valence-electron chi connectivity index (χ0n) is 11.1. The molecule has 100 valence electrons. The number of pyridine rings is 1. The molecule has 0 aromatic carbocycles. The van der Waals surface area contributed by atoms with Gasteiger partial charge in [0.05, 0.1) is 5.69 Å². The Morgan fingerprint density at radius 1 is 1.37 bits per heavy atom. The molecule has 0 bridgehead atoms. The van der Waals surface area contributed by atoms with Gasteiger partial charge in [-0.1, -0.05) is 6.07 Å². The van der Waals surface area contributed by atoms with E-state index in [0.717, 1.165) is 11.4 Å². The average molecular weight is 276 g/mol. The molecule has 0 aliphatic carbocycles. The molecule has 1 unspecified atom stereocenters. The Bertz CT molecular complexity index is 582. The lowest BCUT2D eigenvalue weighted by atomic mass is 10.3. The van der Waals surface area contributed by atoms with Crippen LogP contribution < -0.4 is 10.6 Å². The summed E-state index contributed by atoms with van der Waals surface area (Å²) >= 11 is 1.41. The van der Waals surface area contributed by atoms with Crippen molar-refractivity contribution in [3.05, 3.63) is 40.7 Å². The molecule has 0 saturated heterocycles. The van der Waals surface area contributed by atoms with E-state index in [1.54, 1.807) is 6.07 Å². The van der Waals surface area contributed by atoms with E-state index >= 15 is 0 Å². The van der Waals surface area contributed by atoms with E-state index in [4.69, 9.17) is 0 Å². The van der Waals surface area contributed by atoms with Crippen molar-refractivity contribution in [2.45, 2.75) is 19.9 Å². The van der Waals surface area contributed by atoms with E-state index in [1.165, 1.54) is 11.3 Å². The Hall–Kier alpha value is -1.79. The first-order valence-corrected chi connectivity index (χ1v) is 6.86. The third-order valence-corrected chi connectivity index (χ3v) is 3.52. The number of aromatic nitrogens is 2. The molecule has 2 heterocycles. The van der Waals surface area contributed by atoms with Gasteiger partial charge in [-0.15, -0.1) is 11.3 Å². The summed E-state index contributed by atoms with van der Waals surface area (Å²) in [6.45, 7) is 3.87. The van der Waals surface area contributed by atoms with Crippen molar-refractivity contribution >= 4 is 22.4 Å². The zero-order chi connectivity index (χ0) is 13.8. The smallest absolute Gasteiger partial charge is 0.276 e. The SMILES string of the molecule is CNC(C)c1csc(NC(=O)c2cccc(C)n2)n1. The van der Waals surface area contributed by atoms with Crippen molar-refractivity contribution in [2.75, 3.05) is 12.4 Å². The molecule has 0 fully saturated rings.